The molecule has 15 nitrogen and oxygen atoms in total. The molecule has 0 aromatic carbocycles. The second-order valence-electron chi connectivity index (χ2n) is 7.91. The quantitative estimate of drug-likeness (QED) is 0.181. The van der Waals surface area contributed by atoms with Crippen LogP contribution in [0, 0.1) is 0 Å². The van der Waals surface area contributed by atoms with Crippen LogP contribution in [0.2, 0.25) is 0 Å². The van der Waals surface area contributed by atoms with E-state index in [2.05, 4.69) is 0 Å². The number of carboxylic acids is 1. The van der Waals surface area contributed by atoms with Crippen molar-refractivity contribution in [2.45, 2.75) is 92.9 Å². The van der Waals surface area contributed by atoms with Crippen molar-refractivity contribution in [2.24, 2.45) is 0 Å². The van der Waals surface area contributed by atoms with Gasteiger partial charge in [-0.3, -0.25) is 0 Å². The minimum Gasteiger partial charge on any atom is -0.479 e. The van der Waals surface area contributed by atoms with Crippen LogP contribution in [0.4, 0.5) is 0 Å². The lowest BCUT2D eigenvalue weighted by atomic mass is 9.98. The smallest absolute Gasteiger partial charge is 0.335 e. The van der Waals surface area contributed by atoms with Crippen molar-refractivity contribution >= 4 is 5.97 Å². The summed E-state index contributed by atoms with van der Waals surface area (Å²) in [6, 6.07) is 0. The minimum atomic E-state index is -2.03. The van der Waals surface area contributed by atoms with E-state index in [0.29, 0.717) is 0 Å². The van der Waals surface area contributed by atoms with Crippen LogP contribution in [0.5, 0.6) is 0 Å². The van der Waals surface area contributed by atoms with Gasteiger partial charge in [0.2, 0.25) is 0 Å². The largest absolute Gasteiger partial charge is 0.479 e. The Morgan fingerprint density at radius 3 is 2.00 bits per heavy atom. The van der Waals surface area contributed by atoms with Crippen LogP contribution in [0.1, 0.15) is 6.92 Å². The Labute approximate surface area is 180 Å². The highest BCUT2D eigenvalue weighted by Gasteiger charge is 2.52. The molecular formula is C17H28O15. The Morgan fingerprint density at radius 2 is 1.38 bits per heavy atom. The lowest BCUT2D eigenvalue weighted by Crippen LogP contribution is -2.65. The summed E-state index contributed by atoms with van der Waals surface area (Å²) in [4.78, 5) is 11.1. The van der Waals surface area contributed by atoms with Crippen molar-refractivity contribution < 1.29 is 74.4 Å². The highest BCUT2D eigenvalue weighted by Crippen LogP contribution is 2.30. The molecule has 9 N–H and O–H groups in total. The standard InChI is InChI=1S/C17H28O15/c1-3-5(19)7(21)10(24)16(29-3)32-13-6(20)4(18)2-28-17(13)31-12-9(23)8(22)11(14(25)26)30-15(12)27/h3-13,15-24,27H,2H2,1H3,(H,25,26)/t3-,4+,5-,6-,7+,8+,9-,10+,11-,12+,13+,15?,16-,17-/m0/s1. The molecule has 14 atom stereocenters. The average Bonchev–Trinajstić information content (AvgIpc) is 2.74. The molecule has 32 heavy (non-hydrogen) atoms. The van der Waals surface area contributed by atoms with E-state index >= 15 is 0 Å². The number of hydrogen-bond acceptors (Lipinski definition) is 14. The van der Waals surface area contributed by atoms with Crippen LogP contribution in [-0.2, 0) is 28.5 Å². The zero-order valence-corrected chi connectivity index (χ0v) is 16.8. The van der Waals surface area contributed by atoms with E-state index in [-0.39, 0.29) is 0 Å². The van der Waals surface area contributed by atoms with Gasteiger partial charge in [0, 0.05) is 0 Å². The highest BCUT2D eigenvalue weighted by molar-refractivity contribution is 5.73. The van der Waals surface area contributed by atoms with Gasteiger partial charge in [0.15, 0.2) is 25.0 Å². The molecule has 0 bridgehead atoms. The van der Waals surface area contributed by atoms with Gasteiger partial charge in [-0.2, -0.15) is 0 Å². The van der Waals surface area contributed by atoms with Gasteiger partial charge >= 0.3 is 5.97 Å². The molecule has 3 aliphatic heterocycles. The molecule has 3 heterocycles. The molecule has 0 saturated carbocycles. The molecule has 3 saturated heterocycles. The fourth-order valence-corrected chi connectivity index (χ4v) is 3.67. The fraction of sp³-hybridized carbons (Fsp3) is 0.941. The summed E-state index contributed by atoms with van der Waals surface area (Å²) >= 11 is 0. The summed E-state index contributed by atoms with van der Waals surface area (Å²) in [5.41, 5.74) is 0. The lowest BCUT2D eigenvalue weighted by Gasteiger charge is -2.46. The van der Waals surface area contributed by atoms with Crippen molar-refractivity contribution in [3.05, 3.63) is 0 Å². The first-order valence-corrected chi connectivity index (χ1v) is 9.84. The van der Waals surface area contributed by atoms with E-state index in [4.69, 9.17) is 28.8 Å². The van der Waals surface area contributed by atoms with Crippen molar-refractivity contribution in [3.63, 3.8) is 0 Å². The van der Waals surface area contributed by atoms with Crippen LogP contribution in [0.25, 0.3) is 0 Å². The third kappa shape index (κ3) is 4.90. The maximum absolute atomic E-state index is 11.1. The molecule has 0 amide bonds. The molecule has 0 aliphatic carbocycles. The number of rotatable bonds is 5. The maximum Gasteiger partial charge on any atom is 0.335 e. The van der Waals surface area contributed by atoms with Crippen LogP contribution in [0.3, 0.4) is 0 Å². The number of aliphatic carboxylic acids is 1. The minimum absolute atomic E-state index is 0.475. The highest BCUT2D eigenvalue weighted by atomic mass is 16.8. The molecule has 0 aromatic heterocycles. The van der Waals surface area contributed by atoms with Gasteiger partial charge < -0.3 is 69.6 Å². The van der Waals surface area contributed by atoms with Gasteiger partial charge in [-0.05, 0) is 6.92 Å². The van der Waals surface area contributed by atoms with Crippen LogP contribution in [0.15, 0.2) is 0 Å². The van der Waals surface area contributed by atoms with Crippen LogP contribution in [-0.4, -0.2) is 145 Å². The third-order valence-corrected chi connectivity index (χ3v) is 5.63. The van der Waals surface area contributed by atoms with Gasteiger partial charge in [-0.25, -0.2) is 4.79 Å². The Hall–Kier alpha value is -1.05. The fourth-order valence-electron chi connectivity index (χ4n) is 3.67. The van der Waals surface area contributed by atoms with E-state index in [1.54, 1.807) is 0 Å². The Kier molecular flexibility index (Phi) is 8.04. The number of ether oxygens (including phenoxy) is 5. The number of carbonyl (C=O) groups is 1. The predicted octanol–water partition coefficient (Wildman–Crippen LogP) is -5.81. The molecule has 0 radical (unpaired) electrons. The Balaban J connectivity index is 1.75. The molecule has 1 unspecified atom stereocenters. The molecule has 15 heteroatoms. The van der Waals surface area contributed by atoms with Crippen molar-refractivity contribution in [1.82, 2.24) is 0 Å². The lowest BCUT2D eigenvalue weighted by molar-refractivity contribution is -0.377. The monoisotopic (exact) mass is 472 g/mol. The Bertz CT molecular complexity index is 649. The molecule has 3 rings (SSSR count). The number of carboxylic acid groups (broad SMARTS) is 1. The molecule has 3 aliphatic rings. The number of aliphatic hydroxyl groups is 8. The van der Waals surface area contributed by atoms with E-state index in [1.165, 1.54) is 6.92 Å². The Morgan fingerprint density at radius 1 is 0.750 bits per heavy atom. The SMILES string of the molecule is C[C@@H]1O[C@@H](O[C@H]2[C@H](O[C@H]3C(O)O[C@H](C(=O)O)[C@H](O)[C@@H]3O)OC[C@@H](O)[C@@H]2O)[C@H](O)[C@H](O)[C@H]1O. The summed E-state index contributed by atoms with van der Waals surface area (Å²) in [5.74, 6) is -1.64. The molecule has 3 fully saturated rings. The number of hydrogen-bond donors (Lipinski definition) is 9. The van der Waals surface area contributed by atoms with Gasteiger partial charge in [-0.1, -0.05) is 0 Å². The molecule has 0 aromatic rings. The zero-order valence-electron chi connectivity index (χ0n) is 16.8. The first-order chi connectivity index (χ1) is 14.9. The summed E-state index contributed by atoms with van der Waals surface area (Å²) in [5, 5.41) is 89.4. The molecule has 186 valence electrons. The van der Waals surface area contributed by atoms with E-state index in [1.807, 2.05) is 0 Å². The average molecular weight is 472 g/mol. The maximum atomic E-state index is 11.1. The van der Waals surface area contributed by atoms with Crippen molar-refractivity contribution in [3.8, 4) is 0 Å². The molecule has 0 spiro atoms. The van der Waals surface area contributed by atoms with Crippen molar-refractivity contribution in [2.75, 3.05) is 6.61 Å². The summed E-state index contributed by atoms with van der Waals surface area (Å²) in [7, 11) is 0. The van der Waals surface area contributed by atoms with E-state index in [0.717, 1.165) is 0 Å². The topological polar surface area (TPSA) is 245 Å². The van der Waals surface area contributed by atoms with Gasteiger partial charge in [0.05, 0.1) is 12.7 Å². The summed E-state index contributed by atoms with van der Waals surface area (Å²) in [6.07, 6.45) is -23.6. The van der Waals surface area contributed by atoms with Crippen LogP contribution < -0.4 is 0 Å². The van der Waals surface area contributed by atoms with E-state index in [9.17, 15) is 45.6 Å². The normalized spacial score (nSPS) is 52.5. The first kappa shape index (κ1) is 25.6. The van der Waals surface area contributed by atoms with Gasteiger partial charge in [0.25, 0.3) is 0 Å². The number of aliphatic hydroxyl groups excluding tert-OH is 8. The predicted molar refractivity (Wildman–Crippen MR) is 94.4 cm³/mol. The second-order valence-corrected chi connectivity index (χ2v) is 7.91. The van der Waals surface area contributed by atoms with E-state index < -0.39 is 98.6 Å². The molecular weight excluding hydrogens is 444 g/mol. The summed E-state index contributed by atoms with van der Waals surface area (Å²) < 4.78 is 26.2. The van der Waals surface area contributed by atoms with Gasteiger partial charge in [0.1, 0.15) is 54.9 Å². The third-order valence-electron chi connectivity index (χ3n) is 5.63. The van der Waals surface area contributed by atoms with Crippen molar-refractivity contribution in [1.29, 1.82) is 0 Å². The second kappa shape index (κ2) is 10.1. The van der Waals surface area contributed by atoms with Crippen LogP contribution >= 0.6 is 0 Å². The summed E-state index contributed by atoms with van der Waals surface area (Å²) in [6.45, 7) is 0.913. The first-order valence-electron chi connectivity index (χ1n) is 9.84. The zero-order chi connectivity index (χ0) is 23.9. The van der Waals surface area contributed by atoms with Gasteiger partial charge in [-0.15, -0.1) is 0 Å².